The van der Waals surface area contributed by atoms with Gasteiger partial charge < -0.3 is 5.32 Å². The van der Waals surface area contributed by atoms with Crippen molar-refractivity contribution >= 4 is 11.6 Å². The van der Waals surface area contributed by atoms with E-state index in [4.69, 9.17) is 0 Å². The number of aromatic nitrogens is 2. The first kappa shape index (κ1) is 15.3. The van der Waals surface area contributed by atoms with Crippen molar-refractivity contribution in [2.24, 2.45) is 11.3 Å². The third kappa shape index (κ3) is 6.13. The molecule has 0 saturated heterocycles. The molecule has 0 spiro atoms. The SMILES string of the molecule is CC(CCNc1ncc([N+](=O)[O-])cn1)CC(C)(C)C. The predicted molar refractivity (Wildman–Crippen MR) is 75.0 cm³/mol. The number of nitrogens with one attached hydrogen (secondary N) is 1. The van der Waals surface area contributed by atoms with Crippen LogP contribution in [0.2, 0.25) is 0 Å². The molecule has 0 bridgehead atoms. The second-order valence-electron chi connectivity index (χ2n) is 6.11. The fourth-order valence-electron chi connectivity index (χ4n) is 2.08. The second kappa shape index (κ2) is 6.45. The van der Waals surface area contributed by atoms with E-state index in [9.17, 15) is 10.1 Å². The second-order valence-corrected chi connectivity index (χ2v) is 6.11. The monoisotopic (exact) mass is 266 g/mol. The summed E-state index contributed by atoms with van der Waals surface area (Å²) in [7, 11) is 0. The lowest BCUT2D eigenvalue weighted by molar-refractivity contribution is -0.385. The van der Waals surface area contributed by atoms with E-state index in [0.29, 0.717) is 17.3 Å². The number of hydrogen-bond donors (Lipinski definition) is 1. The number of rotatable bonds is 6. The van der Waals surface area contributed by atoms with Gasteiger partial charge in [0, 0.05) is 6.54 Å². The lowest BCUT2D eigenvalue weighted by Crippen LogP contribution is -2.15. The Bertz CT molecular complexity index is 412. The Morgan fingerprint density at radius 3 is 2.42 bits per heavy atom. The molecule has 0 saturated carbocycles. The predicted octanol–water partition coefficient (Wildman–Crippen LogP) is 3.26. The van der Waals surface area contributed by atoms with Crippen LogP contribution in [0, 0.1) is 21.4 Å². The third-order valence-electron chi connectivity index (χ3n) is 2.73. The molecule has 6 nitrogen and oxygen atoms in total. The highest BCUT2D eigenvalue weighted by Gasteiger charge is 2.15. The van der Waals surface area contributed by atoms with Gasteiger partial charge in [-0.1, -0.05) is 27.7 Å². The van der Waals surface area contributed by atoms with Crippen LogP contribution in [0.5, 0.6) is 0 Å². The fraction of sp³-hybridized carbons (Fsp3) is 0.692. The highest BCUT2D eigenvalue weighted by atomic mass is 16.6. The smallest absolute Gasteiger partial charge is 0.305 e. The Balaban J connectivity index is 2.35. The Labute approximate surface area is 113 Å². The van der Waals surface area contributed by atoms with Crippen molar-refractivity contribution in [2.75, 3.05) is 11.9 Å². The summed E-state index contributed by atoms with van der Waals surface area (Å²) in [5.41, 5.74) is 0.246. The lowest BCUT2D eigenvalue weighted by atomic mass is 9.84. The van der Waals surface area contributed by atoms with Gasteiger partial charge in [-0.15, -0.1) is 0 Å². The Morgan fingerprint density at radius 1 is 1.37 bits per heavy atom. The maximum atomic E-state index is 10.5. The molecule has 0 aliphatic heterocycles. The molecule has 0 aromatic carbocycles. The van der Waals surface area contributed by atoms with Crippen LogP contribution in [-0.4, -0.2) is 21.4 Å². The van der Waals surface area contributed by atoms with Crippen LogP contribution < -0.4 is 5.32 Å². The van der Waals surface area contributed by atoms with Crippen molar-refractivity contribution in [1.82, 2.24) is 9.97 Å². The van der Waals surface area contributed by atoms with E-state index in [1.807, 2.05) is 0 Å². The molecule has 0 aliphatic rings. The molecule has 1 atom stereocenters. The highest BCUT2D eigenvalue weighted by molar-refractivity contribution is 5.30. The zero-order valence-electron chi connectivity index (χ0n) is 12.0. The quantitative estimate of drug-likeness (QED) is 0.631. The summed E-state index contributed by atoms with van der Waals surface area (Å²) < 4.78 is 0. The van der Waals surface area contributed by atoms with Crippen molar-refractivity contribution in [2.45, 2.75) is 40.5 Å². The van der Waals surface area contributed by atoms with Crippen molar-refractivity contribution in [3.8, 4) is 0 Å². The van der Waals surface area contributed by atoms with Crippen molar-refractivity contribution in [3.05, 3.63) is 22.5 Å². The van der Waals surface area contributed by atoms with Crippen molar-refractivity contribution in [3.63, 3.8) is 0 Å². The largest absolute Gasteiger partial charge is 0.354 e. The fourth-order valence-corrected chi connectivity index (χ4v) is 2.08. The molecule has 0 aliphatic carbocycles. The zero-order chi connectivity index (χ0) is 14.5. The molecule has 1 heterocycles. The average Bonchev–Trinajstić information content (AvgIpc) is 2.27. The van der Waals surface area contributed by atoms with Gasteiger partial charge in [-0.2, -0.15) is 0 Å². The lowest BCUT2D eigenvalue weighted by Gasteiger charge is -2.23. The molecular weight excluding hydrogens is 244 g/mol. The number of nitro groups is 1. The molecule has 106 valence electrons. The van der Waals surface area contributed by atoms with E-state index in [1.165, 1.54) is 12.4 Å². The zero-order valence-corrected chi connectivity index (χ0v) is 12.0. The molecule has 1 aromatic heterocycles. The molecule has 1 unspecified atom stereocenters. The van der Waals surface area contributed by atoms with Gasteiger partial charge in [0.25, 0.3) is 0 Å². The maximum Gasteiger partial charge on any atom is 0.305 e. The van der Waals surface area contributed by atoms with Gasteiger partial charge in [0.1, 0.15) is 12.4 Å². The highest BCUT2D eigenvalue weighted by Crippen LogP contribution is 2.25. The molecule has 1 aromatic rings. The van der Waals surface area contributed by atoms with Crippen LogP contribution in [0.15, 0.2) is 12.4 Å². The minimum Gasteiger partial charge on any atom is -0.354 e. The Kier molecular flexibility index (Phi) is 5.20. The summed E-state index contributed by atoms with van der Waals surface area (Å²) in [6.45, 7) is 9.70. The van der Waals surface area contributed by atoms with Gasteiger partial charge in [0.15, 0.2) is 0 Å². The third-order valence-corrected chi connectivity index (χ3v) is 2.73. The average molecular weight is 266 g/mol. The van der Waals surface area contributed by atoms with Crippen LogP contribution >= 0.6 is 0 Å². The molecule has 1 rings (SSSR count). The number of hydrogen-bond acceptors (Lipinski definition) is 5. The van der Waals surface area contributed by atoms with Crippen LogP contribution in [0.25, 0.3) is 0 Å². The van der Waals surface area contributed by atoms with Gasteiger partial charge in [-0.05, 0) is 24.2 Å². The molecule has 19 heavy (non-hydrogen) atoms. The van der Waals surface area contributed by atoms with Gasteiger partial charge in [-0.3, -0.25) is 10.1 Å². The summed E-state index contributed by atoms with van der Waals surface area (Å²) in [4.78, 5) is 17.8. The Hall–Kier alpha value is -1.72. The summed E-state index contributed by atoms with van der Waals surface area (Å²) in [5, 5.41) is 13.5. The van der Waals surface area contributed by atoms with Gasteiger partial charge in [0.2, 0.25) is 5.95 Å². The summed E-state index contributed by atoms with van der Waals surface area (Å²) in [6.07, 6.45) is 4.62. The summed E-state index contributed by atoms with van der Waals surface area (Å²) >= 11 is 0. The van der Waals surface area contributed by atoms with E-state index >= 15 is 0 Å². The van der Waals surface area contributed by atoms with Crippen LogP contribution in [0.4, 0.5) is 11.6 Å². The van der Waals surface area contributed by atoms with E-state index < -0.39 is 4.92 Å². The minimum atomic E-state index is -0.505. The molecule has 1 N–H and O–H groups in total. The maximum absolute atomic E-state index is 10.5. The van der Waals surface area contributed by atoms with Crippen LogP contribution in [-0.2, 0) is 0 Å². The first-order chi connectivity index (χ1) is 8.78. The van der Waals surface area contributed by atoms with E-state index in [-0.39, 0.29) is 5.69 Å². The molecule has 0 fully saturated rings. The molecular formula is C13H22N4O2. The topological polar surface area (TPSA) is 81.0 Å². The Morgan fingerprint density at radius 2 is 1.95 bits per heavy atom. The standard InChI is InChI=1S/C13H22N4O2/c1-10(7-13(2,3)4)5-6-14-12-15-8-11(9-16-12)17(18)19/h8-10H,5-7H2,1-4H3,(H,14,15,16). The summed E-state index contributed by atoms with van der Waals surface area (Å²) in [5.74, 6) is 1.05. The normalized spacial score (nSPS) is 13.1. The van der Waals surface area contributed by atoms with Crippen molar-refractivity contribution < 1.29 is 4.92 Å². The van der Waals surface area contributed by atoms with E-state index in [2.05, 4.69) is 43.0 Å². The van der Waals surface area contributed by atoms with Gasteiger partial charge in [-0.25, -0.2) is 9.97 Å². The first-order valence-electron chi connectivity index (χ1n) is 6.48. The summed E-state index contributed by atoms with van der Waals surface area (Å²) in [6, 6.07) is 0. The van der Waals surface area contributed by atoms with Crippen LogP contribution in [0.3, 0.4) is 0 Å². The van der Waals surface area contributed by atoms with Gasteiger partial charge >= 0.3 is 5.69 Å². The van der Waals surface area contributed by atoms with E-state index in [1.54, 1.807) is 0 Å². The first-order valence-corrected chi connectivity index (χ1v) is 6.48. The van der Waals surface area contributed by atoms with Crippen LogP contribution in [0.1, 0.15) is 40.5 Å². The minimum absolute atomic E-state index is 0.0911. The molecule has 6 heteroatoms. The molecule has 0 amide bonds. The number of anilines is 1. The van der Waals surface area contributed by atoms with Gasteiger partial charge in [0.05, 0.1) is 4.92 Å². The van der Waals surface area contributed by atoms with E-state index in [0.717, 1.165) is 19.4 Å². The number of nitrogens with zero attached hydrogens (tertiary/aromatic N) is 3. The van der Waals surface area contributed by atoms with Crippen molar-refractivity contribution in [1.29, 1.82) is 0 Å². The molecule has 0 radical (unpaired) electrons.